The van der Waals surface area contributed by atoms with Gasteiger partial charge in [-0.3, -0.25) is 4.90 Å². The number of hydrogen-bond acceptors (Lipinski definition) is 3. The number of nitrogens with zero attached hydrogens (tertiary/aromatic N) is 2. The van der Waals surface area contributed by atoms with Crippen molar-refractivity contribution >= 4 is 0 Å². The first-order chi connectivity index (χ1) is 9.81. The van der Waals surface area contributed by atoms with Crippen LogP contribution in [0.25, 0.3) is 11.4 Å². The van der Waals surface area contributed by atoms with Crippen LogP contribution < -0.4 is 0 Å². The molecule has 3 rings (SSSR count). The highest BCUT2D eigenvalue weighted by Crippen LogP contribution is 2.16. The molecule has 1 aliphatic heterocycles. The Kier molecular flexibility index (Phi) is 4.14. The Morgan fingerprint density at radius 3 is 2.95 bits per heavy atom. The summed E-state index contributed by atoms with van der Waals surface area (Å²) in [6.07, 6.45) is 4.70. The largest absolute Gasteiger partial charge is 0.377 e. The van der Waals surface area contributed by atoms with Gasteiger partial charge in [0, 0.05) is 37.2 Å². The molecule has 0 bridgehead atoms. The molecule has 0 spiro atoms. The number of H-pyrrole nitrogens is 1. The molecule has 1 N–H and O–H groups in total. The van der Waals surface area contributed by atoms with E-state index in [4.69, 9.17) is 4.74 Å². The molecule has 106 valence electrons. The van der Waals surface area contributed by atoms with Crippen molar-refractivity contribution < 1.29 is 4.74 Å². The SMILES string of the molecule is CN(Cc1cnc(-c2ccccc2)[nH]1)C[C@H]1CCCO1. The van der Waals surface area contributed by atoms with Gasteiger partial charge in [0.05, 0.1) is 6.10 Å². The fraction of sp³-hybridized carbons (Fsp3) is 0.438. The maximum atomic E-state index is 5.67. The maximum absolute atomic E-state index is 5.67. The summed E-state index contributed by atoms with van der Waals surface area (Å²) in [6, 6.07) is 10.2. The van der Waals surface area contributed by atoms with Gasteiger partial charge < -0.3 is 9.72 Å². The Morgan fingerprint density at radius 2 is 2.20 bits per heavy atom. The fourth-order valence-corrected chi connectivity index (χ4v) is 2.67. The van der Waals surface area contributed by atoms with Crippen molar-refractivity contribution in [2.45, 2.75) is 25.5 Å². The fourth-order valence-electron chi connectivity index (χ4n) is 2.67. The van der Waals surface area contributed by atoms with Crippen LogP contribution in [0, 0.1) is 0 Å². The summed E-state index contributed by atoms with van der Waals surface area (Å²) in [5.74, 6) is 0.936. The Labute approximate surface area is 119 Å². The summed E-state index contributed by atoms with van der Waals surface area (Å²) in [4.78, 5) is 10.1. The average Bonchev–Trinajstić information content (AvgIpc) is 3.11. The highest BCUT2D eigenvalue weighted by atomic mass is 16.5. The molecule has 20 heavy (non-hydrogen) atoms. The lowest BCUT2D eigenvalue weighted by atomic mass is 10.2. The predicted octanol–water partition coefficient (Wildman–Crippen LogP) is 2.69. The van der Waals surface area contributed by atoms with Crippen LogP contribution in [0.5, 0.6) is 0 Å². The molecule has 1 fully saturated rings. The number of nitrogens with one attached hydrogen (secondary N) is 1. The van der Waals surface area contributed by atoms with E-state index >= 15 is 0 Å². The first-order valence-electron chi connectivity index (χ1n) is 7.21. The highest BCUT2D eigenvalue weighted by molar-refractivity contribution is 5.54. The Morgan fingerprint density at radius 1 is 1.35 bits per heavy atom. The van der Waals surface area contributed by atoms with Gasteiger partial charge in [-0.2, -0.15) is 0 Å². The smallest absolute Gasteiger partial charge is 0.137 e. The molecule has 1 aliphatic rings. The van der Waals surface area contributed by atoms with Gasteiger partial charge in [-0.05, 0) is 19.9 Å². The molecule has 4 heteroatoms. The van der Waals surface area contributed by atoms with Crippen molar-refractivity contribution in [3.8, 4) is 11.4 Å². The third-order valence-electron chi connectivity index (χ3n) is 3.66. The first-order valence-corrected chi connectivity index (χ1v) is 7.21. The van der Waals surface area contributed by atoms with E-state index in [1.54, 1.807) is 0 Å². The molecule has 1 saturated heterocycles. The number of aromatic nitrogens is 2. The van der Waals surface area contributed by atoms with Gasteiger partial charge in [0.1, 0.15) is 5.82 Å². The molecule has 0 amide bonds. The molecule has 4 nitrogen and oxygen atoms in total. The standard InChI is InChI=1S/C16H21N3O/c1-19(12-15-8-5-9-20-15)11-14-10-17-16(18-14)13-6-3-2-4-7-13/h2-4,6-7,10,15H,5,8-9,11-12H2,1H3,(H,17,18)/t15-/m1/s1. The molecule has 1 atom stereocenters. The lowest BCUT2D eigenvalue weighted by molar-refractivity contribution is 0.0790. The van der Waals surface area contributed by atoms with Gasteiger partial charge >= 0.3 is 0 Å². The van der Waals surface area contributed by atoms with E-state index in [-0.39, 0.29) is 0 Å². The molecule has 2 heterocycles. The number of benzene rings is 1. The minimum absolute atomic E-state index is 0.400. The number of aromatic amines is 1. The Balaban J connectivity index is 1.59. The van der Waals surface area contributed by atoms with E-state index in [0.29, 0.717) is 6.10 Å². The summed E-state index contributed by atoms with van der Waals surface area (Å²) in [5.41, 5.74) is 2.27. The van der Waals surface area contributed by atoms with E-state index in [0.717, 1.165) is 36.8 Å². The first kappa shape index (κ1) is 13.3. The summed E-state index contributed by atoms with van der Waals surface area (Å²) in [5, 5.41) is 0. The van der Waals surface area contributed by atoms with Crippen LogP contribution in [0.2, 0.25) is 0 Å². The van der Waals surface area contributed by atoms with E-state index in [1.807, 2.05) is 24.4 Å². The molecule has 1 aromatic carbocycles. The van der Waals surface area contributed by atoms with E-state index < -0.39 is 0 Å². The molecule has 2 aromatic rings. The van der Waals surface area contributed by atoms with Gasteiger partial charge in [-0.1, -0.05) is 30.3 Å². The normalized spacial score (nSPS) is 18.8. The monoisotopic (exact) mass is 271 g/mol. The van der Waals surface area contributed by atoms with Gasteiger partial charge in [0.15, 0.2) is 0 Å². The molecule has 0 unspecified atom stereocenters. The van der Waals surface area contributed by atoms with Crippen molar-refractivity contribution in [3.05, 3.63) is 42.2 Å². The van der Waals surface area contributed by atoms with Crippen LogP contribution in [0.15, 0.2) is 36.5 Å². The van der Waals surface area contributed by atoms with Crippen LogP contribution in [-0.4, -0.2) is 41.2 Å². The van der Waals surface area contributed by atoms with Crippen molar-refractivity contribution in [1.82, 2.24) is 14.9 Å². The number of likely N-dealkylation sites (N-methyl/N-ethyl adjacent to an activating group) is 1. The number of ether oxygens (including phenoxy) is 1. The zero-order valence-corrected chi connectivity index (χ0v) is 11.9. The quantitative estimate of drug-likeness (QED) is 0.909. The number of rotatable bonds is 5. The van der Waals surface area contributed by atoms with Crippen LogP contribution in [-0.2, 0) is 11.3 Å². The second-order valence-electron chi connectivity index (χ2n) is 5.45. The van der Waals surface area contributed by atoms with Gasteiger partial charge in [0.25, 0.3) is 0 Å². The van der Waals surface area contributed by atoms with Crippen LogP contribution in [0.1, 0.15) is 18.5 Å². The molecule has 0 saturated carbocycles. The van der Waals surface area contributed by atoms with Crippen molar-refractivity contribution in [2.75, 3.05) is 20.2 Å². The third-order valence-corrected chi connectivity index (χ3v) is 3.66. The molecular weight excluding hydrogens is 250 g/mol. The average molecular weight is 271 g/mol. The summed E-state index contributed by atoms with van der Waals surface area (Å²) >= 11 is 0. The molecule has 0 radical (unpaired) electrons. The molecule has 0 aliphatic carbocycles. The minimum atomic E-state index is 0.400. The van der Waals surface area contributed by atoms with Gasteiger partial charge in [-0.25, -0.2) is 4.98 Å². The van der Waals surface area contributed by atoms with Crippen LogP contribution >= 0.6 is 0 Å². The van der Waals surface area contributed by atoms with Gasteiger partial charge in [0.2, 0.25) is 0 Å². The van der Waals surface area contributed by atoms with Gasteiger partial charge in [-0.15, -0.1) is 0 Å². The maximum Gasteiger partial charge on any atom is 0.137 e. The summed E-state index contributed by atoms with van der Waals surface area (Å²) < 4.78 is 5.67. The summed E-state index contributed by atoms with van der Waals surface area (Å²) in [6.45, 7) is 2.78. The van der Waals surface area contributed by atoms with Crippen molar-refractivity contribution in [1.29, 1.82) is 0 Å². The Bertz CT molecular complexity index is 532. The van der Waals surface area contributed by atoms with Crippen molar-refractivity contribution in [2.24, 2.45) is 0 Å². The van der Waals surface area contributed by atoms with Crippen LogP contribution in [0.3, 0.4) is 0 Å². The van der Waals surface area contributed by atoms with E-state index in [9.17, 15) is 0 Å². The summed E-state index contributed by atoms with van der Waals surface area (Å²) in [7, 11) is 2.13. The van der Waals surface area contributed by atoms with E-state index in [2.05, 4.69) is 34.0 Å². The van der Waals surface area contributed by atoms with Crippen molar-refractivity contribution in [3.63, 3.8) is 0 Å². The number of hydrogen-bond donors (Lipinski definition) is 1. The zero-order chi connectivity index (χ0) is 13.8. The molecular formula is C16H21N3O. The molecule has 1 aromatic heterocycles. The highest BCUT2D eigenvalue weighted by Gasteiger charge is 2.17. The Hall–Kier alpha value is -1.65. The van der Waals surface area contributed by atoms with E-state index in [1.165, 1.54) is 12.8 Å². The minimum Gasteiger partial charge on any atom is -0.377 e. The second kappa shape index (κ2) is 6.20. The number of imidazole rings is 1. The predicted molar refractivity (Wildman–Crippen MR) is 79.3 cm³/mol. The third kappa shape index (κ3) is 3.26. The lowest BCUT2D eigenvalue weighted by Gasteiger charge is -2.19. The second-order valence-corrected chi connectivity index (χ2v) is 5.45. The topological polar surface area (TPSA) is 41.2 Å². The zero-order valence-electron chi connectivity index (χ0n) is 11.9. The lowest BCUT2D eigenvalue weighted by Crippen LogP contribution is -2.28. The van der Waals surface area contributed by atoms with Crippen LogP contribution in [0.4, 0.5) is 0 Å².